The maximum atomic E-state index is 9.32. The van der Waals surface area contributed by atoms with Gasteiger partial charge >= 0.3 is 0 Å². The third-order valence-electron chi connectivity index (χ3n) is 3.92. The maximum absolute atomic E-state index is 9.32. The molecule has 2 heteroatoms. The van der Waals surface area contributed by atoms with E-state index in [0.717, 1.165) is 24.9 Å². The van der Waals surface area contributed by atoms with Crippen LogP contribution in [0.2, 0.25) is 0 Å². The van der Waals surface area contributed by atoms with E-state index in [4.69, 9.17) is 0 Å². The zero-order chi connectivity index (χ0) is 13.1. The average Bonchev–Trinajstić information content (AvgIpc) is 2.88. The zero-order valence-corrected chi connectivity index (χ0v) is 11.0. The van der Waals surface area contributed by atoms with Gasteiger partial charge in [0.1, 0.15) is 0 Å². The molecule has 2 aromatic carbocycles. The van der Waals surface area contributed by atoms with Crippen molar-refractivity contribution in [2.24, 2.45) is 0 Å². The van der Waals surface area contributed by atoms with Gasteiger partial charge in [0.05, 0.1) is 6.61 Å². The fraction of sp³-hybridized carbons (Fsp3) is 0.294. The number of benzene rings is 2. The number of fused-ring (bicyclic) bond motifs is 1. The Labute approximate surface area is 114 Å². The molecular weight excluding hydrogens is 234 g/mol. The zero-order valence-electron chi connectivity index (χ0n) is 11.0. The van der Waals surface area contributed by atoms with Gasteiger partial charge in [-0.2, -0.15) is 0 Å². The Morgan fingerprint density at radius 1 is 0.895 bits per heavy atom. The highest BCUT2D eigenvalue weighted by atomic mass is 16.3. The highest BCUT2D eigenvalue weighted by molar-refractivity contribution is 5.33. The van der Waals surface area contributed by atoms with Gasteiger partial charge in [0.15, 0.2) is 0 Å². The molecule has 0 amide bonds. The van der Waals surface area contributed by atoms with Gasteiger partial charge in [-0.1, -0.05) is 48.5 Å². The number of rotatable bonds is 4. The monoisotopic (exact) mass is 253 g/mol. The van der Waals surface area contributed by atoms with Crippen LogP contribution in [0.4, 0.5) is 0 Å². The van der Waals surface area contributed by atoms with Crippen LogP contribution in [0, 0.1) is 0 Å². The fourth-order valence-electron chi connectivity index (χ4n) is 2.84. The molecule has 19 heavy (non-hydrogen) atoms. The van der Waals surface area contributed by atoms with Gasteiger partial charge in [-0.3, -0.25) is 0 Å². The summed E-state index contributed by atoms with van der Waals surface area (Å²) in [6.45, 7) is 0.943. The molecule has 0 saturated carbocycles. The Morgan fingerprint density at radius 2 is 1.47 bits per heavy atom. The first-order valence-electron chi connectivity index (χ1n) is 6.84. The first-order valence-corrected chi connectivity index (χ1v) is 6.84. The van der Waals surface area contributed by atoms with E-state index in [-0.39, 0.29) is 6.61 Å². The van der Waals surface area contributed by atoms with Crippen molar-refractivity contribution in [1.29, 1.82) is 0 Å². The molecule has 0 saturated heterocycles. The molecule has 1 aliphatic rings. The molecule has 0 unspecified atom stereocenters. The third kappa shape index (κ3) is 2.70. The molecule has 0 heterocycles. The minimum Gasteiger partial charge on any atom is -0.392 e. The van der Waals surface area contributed by atoms with Crippen LogP contribution >= 0.6 is 0 Å². The first kappa shape index (κ1) is 12.4. The molecule has 1 aliphatic carbocycles. The topological polar surface area (TPSA) is 32.3 Å². The van der Waals surface area contributed by atoms with Gasteiger partial charge in [-0.15, -0.1) is 0 Å². The van der Waals surface area contributed by atoms with Crippen molar-refractivity contribution in [2.45, 2.75) is 32.0 Å². The van der Waals surface area contributed by atoms with Gasteiger partial charge in [0, 0.05) is 12.6 Å². The molecule has 98 valence electrons. The summed E-state index contributed by atoms with van der Waals surface area (Å²) < 4.78 is 0. The van der Waals surface area contributed by atoms with E-state index in [2.05, 4.69) is 35.6 Å². The van der Waals surface area contributed by atoms with Gasteiger partial charge in [-0.05, 0) is 35.1 Å². The summed E-state index contributed by atoms with van der Waals surface area (Å²) in [4.78, 5) is 0. The predicted octanol–water partition coefficient (Wildman–Crippen LogP) is 2.44. The number of aliphatic hydroxyl groups is 1. The summed E-state index contributed by atoms with van der Waals surface area (Å²) >= 11 is 0. The van der Waals surface area contributed by atoms with Crippen LogP contribution in [0.15, 0.2) is 48.5 Å². The average molecular weight is 253 g/mol. The first-order chi connectivity index (χ1) is 9.36. The Morgan fingerprint density at radius 3 is 2.11 bits per heavy atom. The minimum atomic E-state index is 0.114. The Hall–Kier alpha value is -1.64. The number of hydrogen-bond donors (Lipinski definition) is 2. The van der Waals surface area contributed by atoms with Crippen LogP contribution in [-0.4, -0.2) is 11.1 Å². The molecule has 0 spiro atoms. The lowest BCUT2D eigenvalue weighted by molar-refractivity contribution is 0.280. The largest absolute Gasteiger partial charge is 0.392 e. The Balaban J connectivity index is 1.63. The van der Waals surface area contributed by atoms with Crippen LogP contribution in [0.25, 0.3) is 0 Å². The summed E-state index contributed by atoms with van der Waals surface area (Å²) in [7, 11) is 0. The molecule has 2 N–H and O–H groups in total. The lowest BCUT2D eigenvalue weighted by Gasteiger charge is -2.14. The van der Waals surface area contributed by atoms with E-state index in [1.807, 2.05) is 18.2 Å². The van der Waals surface area contributed by atoms with E-state index < -0.39 is 0 Å². The van der Waals surface area contributed by atoms with Crippen molar-refractivity contribution in [1.82, 2.24) is 5.32 Å². The Bertz CT molecular complexity index is 540. The highest BCUT2D eigenvalue weighted by Crippen LogP contribution is 2.22. The molecule has 0 bridgehead atoms. The van der Waals surface area contributed by atoms with Crippen molar-refractivity contribution >= 4 is 0 Å². The van der Waals surface area contributed by atoms with Crippen LogP contribution in [-0.2, 0) is 26.0 Å². The van der Waals surface area contributed by atoms with E-state index >= 15 is 0 Å². The van der Waals surface area contributed by atoms with Gasteiger partial charge in [0.2, 0.25) is 0 Å². The standard InChI is InChI=1S/C17H19NO/c19-12-16-8-4-3-7-15(16)11-18-17-9-13-5-1-2-6-14(13)10-17/h1-8,17-19H,9-12H2. The third-order valence-corrected chi connectivity index (χ3v) is 3.92. The predicted molar refractivity (Wildman–Crippen MR) is 76.8 cm³/mol. The number of aliphatic hydroxyl groups excluding tert-OH is 1. The van der Waals surface area contributed by atoms with E-state index in [1.54, 1.807) is 0 Å². The molecule has 0 aliphatic heterocycles. The number of hydrogen-bond acceptors (Lipinski definition) is 2. The molecule has 2 nitrogen and oxygen atoms in total. The second-order valence-corrected chi connectivity index (χ2v) is 5.18. The molecule has 0 atom stereocenters. The van der Waals surface area contributed by atoms with Crippen molar-refractivity contribution in [2.75, 3.05) is 0 Å². The van der Waals surface area contributed by atoms with Crippen LogP contribution in [0.5, 0.6) is 0 Å². The molecular formula is C17H19NO. The van der Waals surface area contributed by atoms with E-state index in [9.17, 15) is 5.11 Å². The fourth-order valence-corrected chi connectivity index (χ4v) is 2.84. The number of nitrogens with one attached hydrogen (secondary N) is 1. The summed E-state index contributed by atoms with van der Waals surface area (Å²) in [6.07, 6.45) is 2.22. The van der Waals surface area contributed by atoms with Crippen LogP contribution < -0.4 is 5.32 Å². The second-order valence-electron chi connectivity index (χ2n) is 5.18. The van der Waals surface area contributed by atoms with Crippen LogP contribution in [0.1, 0.15) is 22.3 Å². The van der Waals surface area contributed by atoms with E-state index in [1.165, 1.54) is 16.7 Å². The van der Waals surface area contributed by atoms with Crippen molar-refractivity contribution in [3.63, 3.8) is 0 Å². The summed E-state index contributed by atoms with van der Waals surface area (Å²) in [5.41, 5.74) is 5.15. The maximum Gasteiger partial charge on any atom is 0.0685 e. The lowest BCUT2D eigenvalue weighted by Crippen LogP contribution is -2.29. The molecule has 0 aromatic heterocycles. The minimum absolute atomic E-state index is 0.114. The van der Waals surface area contributed by atoms with Gasteiger partial charge < -0.3 is 10.4 Å². The Kier molecular flexibility index (Phi) is 3.62. The van der Waals surface area contributed by atoms with Crippen molar-refractivity contribution < 1.29 is 5.11 Å². The summed E-state index contributed by atoms with van der Waals surface area (Å²) in [6, 6.07) is 17.3. The molecule has 0 radical (unpaired) electrons. The summed E-state index contributed by atoms with van der Waals surface area (Å²) in [5, 5.41) is 12.9. The van der Waals surface area contributed by atoms with Gasteiger partial charge in [0.25, 0.3) is 0 Å². The SMILES string of the molecule is OCc1ccccc1CNC1Cc2ccccc2C1. The quantitative estimate of drug-likeness (QED) is 0.877. The molecule has 2 aromatic rings. The summed E-state index contributed by atoms with van der Waals surface area (Å²) in [5.74, 6) is 0. The molecule has 3 rings (SSSR count). The van der Waals surface area contributed by atoms with E-state index in [0.29, 0.717) is 6.04 Å². The lowest BCUT2D eigenvalue weighted by atomic mass is 10.1. The molecule has 0 fully saturated rings. The van der Waals surface area contributed by atoms with Crippen LogP contribution in [0.3, 0.4) is 0 Å². The van der Waals surface area contributed by atoms with Gasteiger partial charge in [-0.25, -0.2) is 0 Å². The van der Waals surface area contributed by atoms with Crippen molar-refractivity contribution in [3.8, 4) is 0 Å². The normalized spacial score (nSPS) is 14.6. The smallest absolute Gasteiger partial charge is 0.0685 e. The highest BCUT2D eigenvalue weighted by Gasteiger charge is 2.20. The van der Waals surface area contributed by atoms with Crippen molar-refractivity contribution in [3.05, 3.63) is 70.8 Å². The second kappa shape index (κ2) is 5.55.